The van der Waals surface area contributed by atoms with Gasteiger partial charge in [0.1, 0.15) is 0 Å². The van der Waals surface area contributed by atoms with Gasteiger partial charge in [0.05, 0.1) is 11.2 Å². The molecule has 0 radical (unpaired) electrons. The molecule has 7 nitrogen and oxygen atoms in total. The van der Waals surface area contributed by atoms with E-state index in [1.54, 1.807) is 11.8 Å². The number of carbonyl (C=O) groups is 1. The number of nitrogens with one attached hydrogen (secondary N) is 1. The Bertz CT molecular complexity index is 472. The summed E-state index contributed by atoms with van der Waals surface area (Å²) in [5.74, 6) is 1.47. The van der Waals surface area contributed by atoms with Crippen LogP contribution in [-0.2, 0) is 19.6 Å². The molecule has 9 heteroatoms. The molecular formula is C13H25N3O4S2. The molecule has 2 heterocycles. The maximum Gasteiger partial charge on any atom is 0.227 e. The molecule has 0 aromatic carbocycles. The summed E-state index contributed by atoms with van der Waals surface area (Å²) in [5.41, 5.74) is 5.16. The maximum atomic E-state index is 12.4. The Morgan fingerprint density at radius 2 is 1.91 bits per heavy atom. The van der Waals surface area contributed by atoms with Crippen LogP contribution < -0.4 is 11.1 Å². The summed E-state index contributed by atoms with van der Waals surface area (Å²) < 4.78 is 31.2. The van der Waals surface area contributed by atoms with Gasteiger partial charge in [0.15, 0.2) is 0 Å². The van der Waals surface area contributed by atoms with E-state index in [1.165, 1.54) is 4.31 Å². The number of sulfonamides is 1. The number of carbonyl (C=O) groups excluding carboxylic acids is 1. The molecule has 3 N–H and O–H groups in total. The normalized spacial score (nSPS) is 23.1. The van der Waals surface area contributed by atoms with Gasteiger partial charge >= 0.3 is 0 Å². The molecule has 2 aliphatic heterocycles. The topological polar surface area (TPSA) is 102 Å². The fourth-order valence-corrected chi connectivity index (χ4v) is 5.21. The fourth-order valence-electron chi connectivity index (χ4n) is 2.72. The van der Waals surface area contributed by atoms with Crippen molar-refractivity contribution in [3.63, 3.8) is 0 Å². The fraction of sp³-hybridized carbons (Fsp3) is 0.923. The van der Waals surface area contributed by atoms with Crippen LogP contribution in [0.3, 0.4) is 0 Å². The molecule has 128 valence electrons. The van der Waals surface area contributed by atoms with Crippen LogP contribution in [0.5, 0.6) is 0 Å². The predicted molar refractivity (Wildman–Crippen MR) is 87.2 cm³/mol. The number of rotatable bonds is 6. The summed E-state index contributed by atoms with van der Waals surface area (Å²) in [4.78, 5) is 12.4. The summed E-state index contributed by atoms with van der Waals surface area (Å²) in [6.07, 6.45) is 1.18. The van der Waals surface area contributed by atoms with Crippen molar-refractivity contribution in [3.05, 3.63) is 0 Å². The van der Waals surface area contributed by atoms with Crippen molar-refractivity contribution in [2.24, 2.45) is 11.1 Å². The maximum absolute atomic E-state index is 12.4. The average Bonchev–Trinajstić information content (AvgIpc) is 2.56. The minimum absolute atomic E-state index is 0.0550. The van der Waals surface area contributed by atoms with Gasteiger partial charge < -0.3 is 15.8 Å². The molecule has 1 amide bonds. The minimum atomic E-state index is -3.29. The van der Waals surface area contributed by atoms with E-state index < -0.39 is 15.4 Å². The first-order valence-corrected chi connectivity index (χ1v) is 10.4. The second-order valence-electron chi connectivity index (χ2n) is 5.68. The second kappa shape index (κ2) is 7.96. The summed E-state index contributed by atoms with van der Waals surface area (Å²) in [6, 6.07) is 0. The highest BCUT2D eigenvalue weighted by Crippen LogP contribution is 2.29. The van der Waals surface area contributed by atoms with Crippen molar-refractivity contribution in [2.45, 2.75) is 12.8 Å². The van der Waals surface area contributed by atoms with Crippen LogP contribution in [0.25, 0.3) is 0 Å². The Morgan fingerprint density at radius 1 is 1.27 bits per heavy atom. The Morgan fingerprint density at radius 3 is 2.50 bits per heavy atom. The molecule has 0 spiro atoms. The smallest absolute Gasteiger partial charge is 0.227 e. The Labute approximate surface area is 136 Å². The highest BCUT2D eigenvalue weighted by molar-refractivity contribution is 7.99. The Balaban J connectivity index is 1.83. The third kappa shape index (κ3) is 4.35. The third-order valence-corrected chi connectivity index (χ3v) is 7.15. The van der Waals surface area contributed by atoms with Crippen LogP contribution >= 0.6 is 11.8 Å². The van der Waals surface area contributed by atoms with Crippen LogP contribution in [0.2, 0.25) is 0 Å². The van der Waals surface area contributed by atoms with Crippen molar-refractivity contribution < 1.29 is 17.9 Å². The molecule has 0 aromatic rings. The van der Waals surface area contributed by atoms with Crippen molar-refractivity contribution in [2.75, 3.05) is 56.7 Å². The van der Waals surface area contributed by atoms with E-state index in [4.69, 9.17) is 10.5 Å². The van der Waals surface area contributed by atoms with E-state index in [9.17, 15) is 13.2 Å². The summed E-state index contributed by atoms with van der Waals surface area (Å²) >= 11 is 1.76. The molecule has 0 aromatic heterocycles. The first-order valence-electron chi connectivity index (χ1n) is 7.62. The molecule has 2 fully saturated rings. The van der Waals surface area contributed by atoms with E-state index in [2.05, 4.69) is 5.32 Å². The van der Waals surface area contributed by atoms with Gasteiger partial charge in [0.25, 0.3) is 0 Å². The van der Waals surface area contributed by atoms with E-state index in [0.717, 1.165) is 11.5 Å². The molecular weight excluding hydrogens is 326 g/mol. The van der Waals surface area contributed by atoms with Crippen LogP contribution in [0.4, 0.5) is 0 Å². The lowest BCUT2D eigenvalue weighted by Gasteiger charge is -2.34. The van der Waals surface area contributed by atoms with Gasteiger partial charge in [-0.3, -0.25) is 4.79 Å². The predicted octanol–water partition coefficient (Wildman–Crippen LogP) is -0.763. The number of nitrogens with two attached hydrogens (primary N) is 1. The number of ether oxygens (including phenoxy) is 1. The second-order valence-corrected chi connectivity index (χ2v) is 8.99. The zero-order valence-corrected chi connectivity index (χ0v) is 14.4. The zero-order valence-electron chi connectivity index (χ0n) is 12.8. The lowest BCUT2D eigenvalue weighted by atomic mass is 9.79. The quantitative estimate of drug-likeness (QED) is 0.652. The van der Waals surface area contributed by atoms with E-state index in [1.807, 2.05) is 0 Å². The van der Waals surface area contributed by atoms with Gasteiger partial charge in [-0.25, -0.2) is 12.7 Å². The third-order valence-electron chi connectivity index (χ3n) is 4.33. The van der Waals surface area contributed by atoms with Crippen molar-refractivity contribution in [3.8, 4) is 0 Å². The van der Waals surface area contributed by atoms with Crippen LogP contribution in [0, 0.1) is 5.41 Å². The van der Waals surface area contributed by atoms with Crippen LogP contribution in [-0.4, -0.2) is 75.3 Å². The number of hydrogen-bond donors (Lipinski definition) is 2. The van der Waals surface area contributed by atoms with Gasteiger partial charge in [0, 0.05) is 50.9 Å². The number of hydrogen-bond acceptors (Lipinski definition) is 6. The molecule has 0 atom stereocenters. The molecule has 2 aliphatic rings. The molecule has 0 saturated carbocycles. The zero-order chi connectivity index (χ0) is 16.1. The Kier molecular flexibility index (Phi) is 6.51. The van der Waals surface area contributed by atoms with Gasteiger partial charge in [0.2, 0.25) is 15.9 Å². The number of thioether (sulfide) groups is 1. The molecule has 0 unspecified atom stereocenters. The largest absolute Gasteiger partial charge is 0.381 e. The van der Waals surface area contributed by atoms with Crippen molar-refractivity contribution >= 4 is 27.7 Å². The number of nitrogens with zero attached hydrogens (tertiary/aromatic N) is 1. The van der Waals surface area contributed by atoms with Crippen molar-refractivity contribution in [1.29, 1.82) is 0 Å². The number of amides is 1. The Hall–Kier alpha value is -0.350. The van der Waals surface area contributed by atoms with E-state index >= 15 is 0 Å². The van der Waals surface area contributed by atoms with E-state index in [0.29, 0.717) is 39.1 Å². The highest BCUT2D eigenvalue weighted by atomic mass is 32.2. The van der Waals surface area contributed by atoms with Gasteiger partial charge in [-0.1, -0.05) is 0 Å². The van der Waals surface area contributed by atoms with Crippen LogP contribution in [0.15, 0.2) is 0 Å². The highest BCUT2D eigenvalue weighted by Gasteiger charge is 2.38. The van der Waals surface area contributed by atoms with Gasteiger partial charge in [-0.15, -0.1) is 0 Å². The average molecular weight is 351 g/mol. The molecule has 0 bridgehead atoms. The van der Waals surface area contributed by atoms with Gasteiger partial charge in [-0.2, -0.15) is 11.8 Å². The standard InChI is InChI=1S/C13H25N3O4S2/c14-11-13(1-6-20-7-2-13)12(17)15-3-10-22(18,19)16-4-8-21-9-5-16/h1-11,14H2,(H,15,17). The van der Waals surface area contributed by atoms with Crippen molar-refractivity contribution in [1.82, 2.24) is 9.62 Å². The van der Waals surface area contributed by atoms with Gasteiger partial charge in [-0.05, 0) is 12.8 Å². The SMILES string of the molecule is NCC1(C(=O)NCCS(=O)(=O)N2CCSCC2)CCOCC1. The summed E-state index contributed by atoms with van der Waals surface area (Å²) in [5, 5.41) is 2.75. The summed E-state index contributed by atoms with van der Waals surface area (Å²) in [6.45, 7) is 2.56. The minimum Gasteiger partial charge on any atom is -0.381 e. The van der Waals surface area contributed by atoms with E-state index in [-0.39, 0.29) is 24.7 Å². The molecule has 2 rings (SSSR count). The lowest BCUT2D eigenvalue weighted by Crippen LogP contribution is -2.50. The molecule has 0 aliphatic carbocycles. The first kappa shape index (κ1) is 18.0. The monoisotopic (exact) mass is 351 g/mol. The first-order chi connectivity index (χ1) is 10.5. The lowest BCUT2D eigenvalue weighted by molar-refractivity contribution is -0.135. The molecule has 22 heavy (non-hydrogen) atoms. The molecule has 2 saturated heterocycles. The summed E-state index contributed by atoms with van der Waals surface area (Å²) in [7, 11) is -3.29. The van der Waals surface area contributed by atoms with Crippen LogP contribution in [0.1, 0.15) is 12.8 Å².